The summed E-state index contributed by atoms with van der Waals surface area (Å²) in [7, 11) is 0. The van der Waals surface area contributed by atoms with Crippen LogP contribution in [0.1, 0.15) is 38.4 Å². The summed E-state index contributed by atoms with van der Waals surface area (Å²) in [6.45, 7) is 8.02. The monoisotopic (exact) mass is 291 g/mol. The molecule has 0 aliphatic heterocycles. The van der Waals surface area contributed by atoms with Gasteiger partial charge in [-0.2, -0.15) is 13.2 Å². The van der Waals surface area contributed by atoms with E-state index in [1.54, 1.807) is 13.1 Å². The molecule has 4 nitrogen and oxygen atoms in total. The number of nitrogens with one attached hydrogen (secondary N) is 1. The molecule has 0 bridgehead atoms. The summed E-state index contributed by atoms with van der Waals surface area (Å²) in [5, 5.41) is 3.29. The van der Waals surface area contributed by atoms with Crippen molar-refractivity contribution in [2.75, 3.05) is 6.61 Å². The van der Waals surface area contributed by atoms with Crippen LogP contribution in [0.4, 0.5) is 13.2 Å². The van der Waals surface area contributed by atoms with Gasteiger partial charge in [-0.3, -0.25) is 0 Å². The fourth-order valence-electron chi connectivity index (χ4n) is 1.33. The SMILES string of the molecule is Cc1nc(OCCC(F)(F)F)ncc1CNC(C)(C)C. The van der Waals surface area contributed by atoms with Crippen molar-refractivity contribution in [2.24, 2.45) is 0 Å². The Labute approximate surface area is 116 Å². The first kappa shape index (κ1) is 16.7. The largest absolute Gasteiger partial charge is 0.463 e. The minimum Gasteiger partial charge on any atom is -0.463 e. The van der Waals surface area contributed by atoms with Crippen molar-refractivity contribution in [2.45, 2.75) is 52.4 Å². The Morgan fingerprint density at radius 1 is 1.25 bits per heavy atom. The van der Waals surface area contributed by atoms with E-state index in [0.29, 0.717) is 12.2 Å². The van der Waals surface area contributed by atoms with Crippen molar-refractivity contribution in [1.82, 2.24) is 15.3 Å². The van der Waals surface area contributed by atoms with Crippen molar-refractivity contribution >= 4 is 0 Å². The number of hydrogen-bond donors (Lipinski definition) is 1. The summed E-state index contributed by atoms with van der Waals surface area (Å²) in [6, 6.07) is -0.0220. The summed E-state index contributed by atoms with van der Waals surface area (Å²) < 4.78 is 40.9. The second kappa shape index (κ2) is 6.39. The predicted molar refractivity (Wildman–Crippen MR) is 69.5 cm³/mol. The molecule has 0 fully saturated rings. The van der Waals surface area contributed by atoms with Gasteiger partial charge in [-0.1, -0.05) is 0 Å². The van der Waals surface area contributed by atoms with E-state index in [4.69, 9.17) is 4.74 Å². The normalized spacial score (nSPS) is 12.6. The van der Waals surface area contributed by atoms with Gasteiger partial charge in [0.2, 0.25) is 0 Å². The summed E-state index contributed by atoms with van der Waals surface area (Å²) in [6.07, 6.45) is -3.67. The molecule has 1 N–H and O–H groups in total. The molecule has 0 saturated carbocycles. The maximum absolute atomic E-state index is 12.0. The van der Waals surface area contributed by atoms with Gasteiger partial charge in [-0.05, 0) is 27.7 Å². The second-order valence-electron chi connectivity index (χ2n) is 5.58. The van der Waals surface area contributed by atoms with Crippen LogP contribution in [0.2, 0.25) is 0 Å². The highest BCUT2D eigenvalue weighted by molar-refractivity contribution is 5.17. The fraction of sp³-hybridized carbons (Fsp3) is 0.692. The molecule has 114 valence electrons. The van der Waals surface area contributed by atoms with E-state index in [2.05, 4.69) is 15.3 Å². The van der Waals surface area contributed by atoms with Crippen LogP contribution >= 0.6 is 0 Å². The van der Waals surface area contributed by atoms with Gasteiger partial charge in [0.1, 0.15) is 6.61 Å². The molecule has 20 heavy (non-hydrogen) atoms. The molecule has 0 spiro atoms. The van der Waals surface area contributed by atoms with Crippen LogP contribution in [0.5, 0.6) is 6.01 Å². The first-order chi connectivity index (χ1) is 9.07. The van der Waals surface area contributed by atoms with Gasteiger partial charge in [-0.15, -0.1) is 0 Å². The van der Waals surface area contributed by atoms with Crippen LogP contribution in [-0.4, -0.2) is 28.3 Å². The molecule has 1 rings (SSSR count). The molecule has 0 aromatic carbocycles. The molecule has 7 heteroatoms. The van der Waals surface area contributed by atoms with E-state index in [1.807, 2.05) is 20.8 Å². The van der Waals surface area contributed by atoms with Crippen LogP contribution in [0.15, 0.2) is 6.20 Å². The number of aryl methyl sites for hydroxylation is 1. The van der Waals surface area contributed by atoms with Gasteiger partial charge >= 0.3 is 12.2 Å². The number of hydrogen-bond acceptors (Lipinski definition) is 4. The van der Waals surface area contributed by atoms with Crippen molar-refractivity contribution in [3.8, 4) is 6.01 Å². The van der Waals surface area contributed by atoms with Crippen LogP contribution in [0.25, 0.3) is 0 Å². The third-order valence-corrected chi connectivity index (χ3v) is 2.48. The summed E-state index contributed by atoms with van der Waals surface area (Å²) in [4.78, 5) is 7.97. The molecule has 0 radical (unpaired) electrons. The Balaban J connectivity index is 2.55. The van der Waals surface area contributed by atoms with Crippen molar-refractivity contribution in [1.29, 1.82) is 0 Å². The van der Waals surface area contributed by atoms with E-state index < -0.39 is 19.2 Å². The summed E-state index contributed by atoms with van der Waals surface area (Å²) in [5.74, 6) is 0. The average Bonchev–Trinajstić information content (AvgIpc) is 2.24. The number of aromatic nitrogens is 2. The third-order valence-electron chi connectivity index (χ3n) is 2.48. The highest BCUT2D eigenvalue weighted by atomic mass is 19.4. The fourth-order valence-corrected chi connectivity index (χ4v) is 1.33. The Bertz CT molecular complexity index is 441. The molecule has 0 unspecified atom stereocenters. The molecular weight excluding hydrogens is 271 g/mol. The molecular formula is C13H20F3N3O. The maximum atomic E-state index is 12.0. The van der Waals surface area contributed by atoms with Crippen LogP contribution in [-0.2, 0) is 6.54 Å². The van der Waals surface area contributed by atoms with Gasteiger partial charge in [-0.25, -0.2) is 9.97 Å². The highest BCUT2D eigenvalue weighted by Crippen LogP contribution is 2.19. The number of ether oxygens (including phenoxy) is 1. The van der Waals surface area contributed by atoms with Gasteiger partial charge in [0.25, 0.3) is 0 Å². The van der Waals surface area contributed by atoms with Gasteiger partial charge in [0.05, 0.1) is 6.42 Å². The standard InChI is InChI=1S/C13H20F3N3O/c1-9-10(8-18-12(2,3)4)7-17-11(19-9)20-6-5-13(14,15)16/h7,18H,5-6,8H2,1-4H3. The predicted octanol–water partition coefficient (Wildman–Crippen LogP) is 3.00. The molecule has 1 aromatic heterocycles. The minimum atomic E-state index is -4.23. The number of halogens is 3. The van der Waals surface area contributed by atoms with E-state index in [9.17, 15) is 13.2 Å². The minimum absolute atomic E-state index is 0.0220. The first-order valence-corrected chi connectivity index (χ1v) is 6.34. The smallest absolute Gasteiger partial charge is 0.392 e. The van der Waals surface area contributed by atoms with Crippen LogP contribution in [0, 0.1) is 6.92 Å². The Hall–Kier alpha value is -1.37. The van der Waals surface area contributed by atoms with E-state index in [1.165, 1.54) is 0 Å². The van der Waals surface area contributed by atoms with Gasteiger partial charge in [0.15, 0.2) is 0 Å². The molecule has 0 amide bonds. The van der Waals surface area contributed by atoms with Crippen LogP contribution < -0.4 is 10.1 Å². The number of alkyl halides is 3. The zero-order valence-corrected chi connectivity index (χ0v) is 12.1. The van der Waals surface area contributed by atoms with Crippen molar-refractivity contribution in [3.05, 3.63) is 17.5 Å². The zero-order chi connectivity index (χ0) is 15.4. The molecule has 0 aliphatic rings. The molecule has 0 aliphatic carbocycles. The molecule has 0 saturated heterocycles. The first-order valence-electron chi connectivity index (χ1n) is 6.34. The zero-order valence-electron chi connectivity index (χ0n) is 12.1. The lowest BCUT2D eigenvalue weighted by Crippen LogP contribution is -2.35. The average molecular weight is 291 g/mol. The third kappa shape index (κ3) is 6.70. The topological polar surface area (TPSA) is 47.0 Å². The van der Waals surface area contributed by atoms with E-state index in [0.717, 1.165) is 5.56 Å². The molecule has 1 heterocycles. The summed E-state index contributed by atoms with van der Waals surface area (Å²) in [5.41, 5.74) is 1.55. The van der Waals surface area contributed by atoms with Crippen molar-refractivity contribution < 1.29 is 17.9 Å². The number of rotatable bonds is 5. The van der Waals surface area contributed by atoms with E-state index >= 15 is 0 Å². The second-order valence-corrected chi connectivity index (χ2v) is 5.58. The van der Waals surface area contributed by atoms with Gasteiger partial charge < -0.3 is 10.1 Å². The van der Waals surface area contributed by atoms with Gasteiger partial charge in [0, 0.05) is 29.5 Å². The molecule has 0 atom stereocenters. The Morgan fingerprint density at radius 2 is 1.90 bits per heavy atom. The Kier molecular flexibility index (Phi) is 5.33. The lowest BCUT2D eigenvalue weighted by molar-refractivity contribution is -0.139. The lowest BCUT2D eigenvalue weighted by atomic mass is 10.1. The van der Waals surface area contributed by atoms with Crippen LogP contribution in [0.3, 0.4) is 0 Å². The highest BCUT2D eigenvalue weighted by Gasteiger charge is 2.27. The lowest BCUT2D eigenvalue weighted by Gasteiger charge is -2.21. The maximum Gasteiger partial charge on any atom is 0.392 e. The quantitative estimate of drug-likeness (QED) is 0.906. The van der Waals surface area contributed by atoms with E-state index in [-0.39, 0.29) is 11.5 Å². The molecule has 1 aromatic rings. The number of nitrogens with zero attached hydrogens (tertiary/aromatic N) is 2. The summed E-state index contributed by atoms with van der Waals surface area (Å²) >= 11 is 0. The van der Waals surface area contributed by atoms with Crippen molar-refractivity contribution in [3.63, 3.8) is 0 Å². The Morgan fingerprint density at radius 3 is 2.40 bits per heavy atom.